The highest BCUT2D eigenvalue weighted by Crippen LogP contribution is 2.47. The van der Waals surface area contributed by atoms with Crippen molar-refractivity contribution in [1.29, 1.82) is 0 Å². The lowest BCUT2D eigenvalue weighted by Gasteiger charge is -2.39. The van der Waals surface area contributed by atoms with Crippen LogP contribution in [0.3, 0.4) is 0 Å². The molecule has 0 unspecified atom stereocenters. The summed E-state index contributed by atoms with van der Waals surface area (Å²) in [5.41, 5.74) is 2.25. The summed E-state index contributed by atoms with van der Waals surface area (Å²) >= 11 is 1.61. The van der Waals surface area contributed by atoms with Gasteiger partial charge in [0.05, 0.1) is 11.1 Å². The largest absolute Gasteiger partial charge is 0.343 e. The molecule has 0 bridgehead atoms. The van der Waals surface area contributed by atoms with Crippen LogP contribution in [0.1, 0.15) is 70.2 Å². The molecule has 0 radical (unpaired) electrons. The van der Waals surface area contributed by atoms with Crippen LogP contribution in [0.5, 0.6) is 0 Å². The molecular weight excluding hydrogens is 330 g/mol. The third-order valence-electron chi connectivity index (χ3n) is 5.85. The molecule has 1 saturated carbocycles. The van der Waals surface area contributed by atoms with Gasteiger partial charge in [0, 0.05) is 16.7 Å². The van der Waals surface area contributed by atoms with Crippen molar-refractivity contribution in [2.75, 3.05) is 0 Å². The predicted octanol–water partition coefficient (Wildman–Crippen LogP) is 4.89. The second-order valence-electron chi connectivity index (χ2n) is 8.85. The molecule has 0 saturated heterocycles. The van der Waals surface area contributed by atoms with E-state index < -0.39 is 5.41 Å². The molecule has 1 spiro atoms. The van der Waals surface area contributed by atoms with Gasteiger partial charge in [-0.05, 0) is 61.1 Å². The number of Topliss-reactive ketones (excluding diaryl/α,β-unsaturated/α-hetero) is 1. The van der Waals surface area contributed by atoms with Crippen molar-refractivity contribution < 1.29 is 9.59 Å². The van der Waals surface area contributed by atoms with Gasteiger partial charge in [-0.25, -0.2) is 0 Å². The van der Waals surface area contributed by atoms with E-state index in [4.69, 9.17) is 0 Å². The molecule has 0 atom stereocenters. The maximum atomic E-state index is 12.9. The molecule has 1 aliphatic carbocycles. The van der Waals surface area contributed by atoms with E-state index in [0.717, 1.165) is 47.3 Å². The summed E-state index contributed by atoms with van der Waals surface area (Å²) in [5.74, 6) is 0.912. The maximum Gasteiger partial charge on any atom is 0.253 e. The topological polar surface area (TPSA) is 46.2 Å². The molecule has 25 heavy (non-hydrogen) atoms. The van der Waals surface area contributed by atoms with Gasteiger partial charge in [-0.15, -0.1) is 11.3 Å². The van der Waals surface area contributed by atoms with Gasteiger partial charge in [0.1, 0.15) is 5.78 Å². The van der Waals surface area contributed by atoms with Crippen molar-refractivity contribution in [1.82, 2.24) is 5.32 Å². The number of hydrogen-bond acceptors (Lipinski definition) is 3. The highest BCUT2D eigenvalue weighted by molar-refractivity contribution is 7.11. The van der Waals surface area contributed by atoms with Gasteiger partial charge in [0.25, 0.3) is 5.91 Å². The number of rotatable bonds is 3. The Morgan fingerprint density at radius 2 is 1.96 bits per heavy atom. The number of carbonyl (C=O) groups is 2. The number of aryl methyl sites for hydroxylation is 1. The molecule has 1 aromatic rings. The molecule has 2 heterocycles. The lowest BCUT2D eigenvalue weighted by Crippen LogP contribution is -2.47. The van der Waals surface area contributed by atoms with Gasteiger partial charge in [0.15, 0.2) is 0 Å². The highest BCUT2D eigenvalue weighted by atomic mass is 32.1. The number of hydrogen-bond donors (Lipinski definition) is 1. The molecule has 4 heteroatoms. The SMILES string of the molecule is Cc1ccsc1C1=C(CC(=O)C(C)(C)C)C2(CCC(C)CC2)NC1=O. The van der Waals surface area contributed by atoms with Crippen LogP contribution in [0.25, 0.3) is 5.57 Å². The number of nitrogens with one attached hydrogen (secondary N) is 1. The average molecular weight is 360 g/mol. The van der Waals surface area contributed by atoms with E-state index in [0.29, 0.717) is 12.3 Å². The molecule has 1 N–H and O–H groups in total. The zero-order valence-electron chi connectivity index (χ0n) is 16.0. The lowest BCUT2D eigenvalue weighted by atomic mass is 9.71. The van der Waals surface area contributed by atoms with Crippen LogP contribution in [0, 0.1) is 18.3 Å². The Morgan fingerprint density at radius 3 is 2.48 bits per heavy atom. The van der Waals surface area contributed by atoms with Crippen molar-refractivity contribution in [3.8, 4) is 0 Å². The molecule has 1 aliphatic heterocycles. The molecule has 1 aromatic heterocycles. The number of amides is 1. The molecule has 3 nitrogen and oxygen atoms in total. The third-order valence-corrected chi connectivity index (χ3v) is 6.88. The standard InChI is InChI=1S/C21H29NO2S/c1-13-6-9-21(10-7-13)15(12-16(23)20(3,4)5)17(19(24)22-21)18-14(2)8-11-25-18/h8,11,13H,6-7,9-10,12H2,1-5H3,(H,22,24). The van der Waals surface area contributed by atoms with Gasteiger partial charge in [0.2, 0.25) is 0 Å². The normalized spacial score (nSPS) is 27.1. The van der Waals surface area contributed by atoms with Crippen LogP contribution in [0.2, 0.25) is 0 Å². The summed E-state index contributed by atoms with van der Waals surface area (Å²) < 4.78 is 0. The molecule has 3 rings (SSSR count). The van der Waals surface area contributed by atoms with Gasteiger partial charge >= 0.3 is 0 Å². The van der Waals surface area contributed by atoms with Crippen molar-refractivity contribution in [3.05, 3.63) is 27.5 Å². The molecule has 1 fully saturated rings. The van der Waals surface area contributed by atoms with Crippen LogP contribution in [-0.2, 0) is 9.59 Å². The van der Waals surface area contributed by atoms with E-state index in [1.165, 1.54) is 0 Å². The minimum atomic E-state index is -0.391. The van der Waals surface area contributed by atoms with Crippen molar-refractivity contribution in [2.45, 2.75) is 72.3 Å². The second-order valence-corrected chi connectivity index (χ2v) is 9.77. The van der Waals surface area contributed by atoms with Gasteiger partial charge in [-0.3, -0.25) is 9.59 Å². The monoisotopic (exact) mass is 359 g/mol. The maximum absolute atomic E-state index is 12.9. The van der Waals surface area contributed by atoms with Crippen LogP contribution < -0.4 is 5.32 Å². The quantitative estimate of drug-likeness (QED) is 0.835. The van der Waals surface area contributed by atoms with E-state index in [9.17, 15) is 9.59 Å². The third kappa shape index (κ3) is 3.33. The molecule has 0 aromatic carbocycles. The fourth-order valence-corrected chi connectivity index (χ4v) is 4.96. The van der Waals surface area contributed by atoms with Gasteiger partial charge in [-0.1, -0.05) is 27.7 Å². The Morgan fingerprint density at radius 1 is 1.32 bits per heavy atom. The minimum absolute atomic E-state index is 0.0109. The smallest absolute Gasteiger partial charge is 0.253 e. The van der Waals surface area contributed by atoms with Crippen LogP contribution >= 0.6 is 11.3 Å². The molecule has 136 valence electrons. The van der Waals surface area contributed by atoms with E-state index in [-0.39, 0.29) is 17.2 Å². The summed E-state index contributed by atoms with van der Waals surface area (Å²) in [6.45, 7) is 10.2. The minimum Gasteiger partial charge on any atom is -0.343 e. The van der Waals surface area contributed by atoms with E-state index >= 15 is 0 Å². The fourth-order valence-electron chi connectivity index (χ4n) is 3.97. The lowest BCUT2D eigenvalue weighted by molar-refractivity contribution is -0.125. The van der Waals surface area contributed by atoms with Crippen molar-refractivity contribution in [3.63, 3.8) is 0 Å². The number of carbonyl (C=O) groups excluding carboxylic acids is 2. The Labute approximate surface area is 154 Å². The van der Waals surface area contributed by atoms with E-state index in [1.54, 1.807) is 11.3 Å². The Kier molecular flexibility index (Phi) is 4.69. The van der Waals surface area contributed by atoms with Crippen molar-refractivity contribution in [2.24, 2.45) is 11.3 Å². The Bertz CT molecular complexity index is 727. The molecule has 1 amide bonds. The first-order valence-corrected chi connectivity index (χ1v) is 10.2. The Balaban J connectivity index is 2.09. The Hall–Kier alpha value is -1.42. The van der Waals surface area contributed by atoms with Crippen molar-refractivity contribution >= 4 is 28.6 Å². The second kappa shape index (κ2) is 6.39. The summed E-state index contributed by atoms with van der Waals surface area (Å²) in [7, 11) is 0. The summed E-state index contributed by atoms with van der Waals surface area (Å²) in [6, 6.07) is 2.05. The van der Waals surface area contributed by atoms with Crippen LogP contribution in [0.15, 0.2) is 17.0 Å². The first-order chi connectivity index (χ1) is 11.6. The predicted molar refractivity (Wildman–Crippen MR) is 104 cm³/mol. The zero-order chi connectivity index (χ0) is 18.4. The van der Waals surface area contributed by atoms with Crippen LogP contribution in [-0.4, -0.2) is 17.2 Å². The fraction of sp³-hybridized carbons (Fsp3) is 0.619. The van der Waals surface area contributed by atoms with Gasteiger partial charge in [-0.2, -0.15) is 0 Å². The number of ketones is 1. The summed E-state index contributed by atoms with van der Waals surface area (Å²) in [4.78, 5) is 26.8. The van der Waals surface area contributed by atoms with E-state index in [2.05, 4.69) is 18.3 Å². The first-order valence-electron chi connectivity index (χ1n) is 9.28. The summed E-state index contributed by atoms with van der Waals surface area (Å²) in [5, 5.41) is 5.33. The molecular formula is C21H29NO2S. The van der Waals surface area contributed by atoms with Crippen LogP contribution in [0.4, 0.5) is 0 Å². The zero-order valence-corrected chi connectivity index (χ0v) is 16.8. The molecule has 2 aliphatic rings. The highest BCUT2D eigenvalue weighted by Gasteiger charge is 2.48. The average Bonchev–Trinajstić information content (AvgIpc) is 3.04. The first kappa shape index (κ1) is 18.4. The summed E-state index contributed by atoms with van der Waals surface area (Å²) in [6.07, 6.45) is 4.47. The van der Waals surface area contributed by atoms with Gasteiger partial charge < -0.3 is 5.32 Å². The van der Waals surface area contributed by atoms with E-state index in [1.807, 2.05) is 33.1 Å². The number of thiophene rings is 1.